The second-order valence-corrected chi connectivity index (χ2v) is 5.00. The standard InChI is InChI=1S/C16H25F2NO2/c1-3-7-19-14(6-8-21-10-9-20-2)11-13-4-5-15(17)16(18)12-13/h4-5,12,14,19H,3,6-11H2,1-2H3. The van der Waals surface area contributed by atoms with Crippen LogP contribution in [0, 0.1) is 11.6 Å². The molecule has 21 heavy (non-hydrogen) atoms. The minimum absolute atomic E-state index is 0.192. The fraction of sp³-hybridized carbons (Fsp3) is 0.625. The van der Waals surface area contributed by atoms with Crippen LogP contribution in [0.25, 0.3) is 0 Å². The number of ether oxygens (including phenoxy) is 2. The molecule has 5 heteroatoms. The molecule has 0 heterocycles. The molecule has 1 atom stereocenters. The molecule has 0 fully saturated rings. The van der Waals surface area contributed by atoms with Crippen molar-refractivity contribution in [1.82, 2.24) is 5.32 Å². The highest BCUT2D eigenvalue weighted by molar-refractivity contribution is 5.18. The molecule has 1 rings (SSSR count). The number of hydrogen-bond acceptors (Lipinski definition) is 3. The Labute approximate surface area is 125 Å². The second kappa shape index (κ2) is 10.7. The summed E-state index contributed by atoms with van der Waals surface area (Å²) >= 11 is 0. The Hall–Kier alpha value is -1.04. The quantitative estimate of drug-likeness (QED) is 0.638. The van der Waals surface area contributed by atoms with E-state index in [0.29, 0.717) is 26.2 Å². The van der Waals surface area contributed by atoms with Gasteiger partial charge < -0.3 is 14.8 Å². The average Bonchev–Trinajstić information content (AvgIpc) is 2.48. The largest absolute Gasteiger partial charge is 0.382 e. The fourth-order valence-corrected chi connectivity index (χ4v) is 2.05. The number of nitrogens with one attached hydrogen (secondary N) is 1. The molecule has 0 saturated carbocycles. The molecule has 0 aliphatic heterocycles. The van der Waals surface area contributed by atoms with Gasteiger partial charge in [0.05, 0.1) is 13.2 Å². The van der Waals surface area contributed by atoms with E-state index in [-0.39, 0.29) is 6.04 Å². The Morgan fingerprint density at radius 1 is 1.14 bits per heavy atom. The van der Waals surface area contributed by atoms with Gasteiger partial charge in [-0.05, 0) is 43.5 Å². The first-order chi connectivity index (χ1) is 10.2. The SMILES string of the molecule is CCCNC(CCOCCOC)Cc1ccc(F)c(F)c1. The Kier molecular flexibility index (Phi) is 9.14. The van der Waals surface area contributed by atoms with Crippen LogP contribution >= 0.6 is 0 Å². The molecule has 3 nitrogen and oxygen atoms in total. The number of halogens is 2. The molecule has 0 spiro atoms. The molecule has 0 radical (unpaired) electrons. The molecule has 1 aromatic carbocycles. The summed E-state index contributed by atoms with van der Waals surface area (Å²) in [5.74, 6) is -1.60. The van der Waals surface area contributed by atoms with Gasteiger partial charge in [0.15, 0.2) is 11.6 Å². The van der Waals surface area contributed by atoms with Gasteiger partial charge in [0.25, 0.3) is 0 Å². The van der Waals surface area contributed by atoms with Crippen LogP contribution in [0.4, 0.5) is 8.78 Å². The van der Waals surface area contributed by atoms with Crippen LogP contribution in [-0.2, 0) is 15.9 Å². The topological polar surface area (TPSA) is 30.5 Å². The normalized spacial score (nSPS) is 12.6. The first-order valence-corrected chi connectivity index (χ1v) is 7.41. The van der Waals surface area contributed by atoms with E-state index in [4.69, 9.17) is 9.47 Å². The Morgan fingerprint density at radius 2 is 1.95 bits per heavy atom. The summed E-state index contributed by atoms with van der Waals surface area (Å²) < 4.78 is 36.6. The van der Waals surface area contributed by atoms with Crippen molar-refractivity contribution in [1.29, 1.82) is 0 Å². The van der Waals surface area contributed by atoms with Crippen LogP contribution in [0.3, 0.4) is 0 Å². The molecule has 0 aliphatic carbocycles. The highest BCUT2D eigenvalue weighted by atomic mass is 19.2. The third-order valence-electron chi connectivity index (χ3n) is 3.19. The predicted octanol–water partition coefficient (Wildman–Crippen LogP) is 2.93. The van der Waals surface area contributed by atoms with Gasteiger partial charge in [-0.15, -0.1) is 0 Å². The van der Waals surface area contributed by atoms with Crippen LogP contribution in [0.5, 0.6) is 0 Å². The molecule has 1 unspecified atom stereocenters. The average molecular weight is 301 g/mol. The lowest BCUT2D eigenvalue weighted by Gasteiger charge is -2.19. The van der Waals surface area contributed by atoms with Crippen LogP contribution < -0.4 is 5.32 Å². The van der Waals surface area contributed by atoms with Gasteiger partial charge >= 0.3 is 0 Å². The van der Waals surface area contributed by atoms with Crippen LogP contribution in [0.15, 0.2) is 18.2 Å². The van der Waals surface area contributed by atoms with E-state index >= 15 is 0 Å². The van der Waals surface area contributed by atoms with Crippen molar-refractivity contribution in [3.8, 4) is 0 Å². The zero-order valence-electron chi connectivity index (χ0n) is 12.8. The summed E-state index contributed by atoms with van der Waals surface area (Å²) in [6.07, 6.45) is 2.51. The van der Waals surface area contributed by atoms with Gasteiger partial charge in [-0.1, -0.05) is 13.0 Å². The molecule has 120 valence electrons. The smallest absolute Gasteiger partial charge is 0.159 e. The van der Waals surface area contributed by atoms with Gasteiger partial charge in [-0.3, -0.25) is 0 Å². The maximum atomic E-state index is 13.2. The van der Waals surface area contributed by atoms with Crippen molar-refractivity contribution >= 4 is 0 Å². The monoisotopic (exact) mass is 301 g/mol. The lowest BCUT2D eigenvalue weighted by atomic mass is 10.0. The van der Waals surface area contributed by atoms with E-state index in [2.05, 4.69) is 12.2 Å². The summed E-state index contributed by atoms with van der Waals surface area (Å²) in [5.41, 5.74) is 0.791. The Bertz CT molecular complexity index is 402. The highest BCUT2D eigenvalue weighted by Gasteiger charge is 2.11. The molecule has 1 aromatic rings. The molecule has 0 amide bonds. The third-order valence-corrected chi connectivity index (χ3v) is 3.19. The van der Waals surface area contributed by atoms with Crippen LogP contribution in [-0.4, -0.2) is 39.5 Å². The summed E-state index contributed by atoms with van der Waals surface area (Å²) in [4.78, 5) is 0. The summed E-state index contributed by atoms with van der Waals surface area (Å²) in [6.45, 7) is 4.76. The van der Waals surface area contributed by atoms with Gasteiger partial charge in [0, 0.05) is 19.8 Å². The summed E-state index contributed by atoms with van der Waals surface area (Å²) in [6, 6.07) is 4.26. The molecule has 1 N–H and O–H groups in total. The first-order valence-electron chi connectivity index (χ1n) is 7.41. The van der Waals surface area contributed by atoms with Crippen molar-refractivity contribution in [3.63, 3.8) is 0 Å². The van der Waals surface area contributed by atoms with E-state index in [1.54, 1.807) is 13.2 Å². The van der Waals surface area contributed by atoms with Crippen LogP contribution in [0.2, 0.25) is 0 Å². The molecule has 0 saturated heterocycles. The number of hydrogen-bond donors (Lipinski definition) is 1. The third kappa shape index (κ3) is 7.50. The van der Waals surface area contributed by atoms with E-state index in [9.17, 15) is 8.78 Å². The lowest BCUT2D eigenvalue weighted by molar-refractivity contribution is 0.0658. The van der Waals surface area contributed by atoms with E-state index in [1.165, 1.54) is 12.1 Å². The zero-order chi connectivity index (χ0) is 15.5. The summed E-state index contributed by atoms with van der Waals surface area (Å²) in [5, 5.41) is 3.42. The second-order valence-electron chi connectivity index (χ2n) is 5.00. The lowest BCUT2D eigenvalue weighted by Crippen LogP contribution is -2.33. The molecular formula is C16H25F2NO2. The van der Waals surface area contributed by atoms with Crippen molar-refractivity contribution < 1.29 is 18.3 Å². The van der Waals surface area contributed by atoms with E-state index in [0.717, 1.165) is 24.9 Å². The fourth-order valence-electron chi connectivity index (χ4n) is 2.05. The molecule has 0 aromatic heterocycles. The van der Waals surface area contributed by atoms with E-state index < -0.39 is 11.6 Å². The van der Waals surface area contributed by atoms with Gasteiger partial charge in [0.2, 0.25) is 0 Å². The zero-order valence-corrected chi connectivity index (χ0v) is 12.8. The Morgan fingerprint density at radius 3 is 2.62 bits per heavy atom. The predicted molar refractivity (Wildman–Crippen MR) is 79.5 cm³/mol. The van der Waals surface area contributed by atoms with E-state index in [1.807, 2.05) is 0 Å². The molecule has 0 bridgehead atoms. The maximum absolute atomic E-state index is 13.2. The highest BCUT2D eigenvalue weighted by Crippen LogP contribution is 2.12. The minimum atomic E-state index is -0.806. The van der Waals surface area contributed by atoms with Crippen molar-refractivity contribution in [2.75, 3.05) is 33.5 Å². The van der Waals surface area contributed by atoms with Crippen molar-refractivity contribution in [2.45, 2.75) is 32.2 Å². The minimum Gasteiger partial charge on any atom is -0.382 e. The maximum Gasteiger partial charge on any atom is 0.159 e. The number of benzene rings is 1. The number of rotatable bonds is 11. The summed E-state index contributed by atoms with van der Waals surface area (Å²) in [7, 11) is 1.64. The number of methoxy groups -OCH3 is 1. The first kappa shape index (κ1) is 18.0. The van der Waals surface area contributed by atoms with Crippen LogP contribution in [0.1, 0.15) is 25.3 Å². The molecule has 0 aliphatic rings. The molecular weight excluding hydrogens is 276 g/mol. The van der Waals surface area contributed by atoms with Crippen molar-refractivity contribution in [2.24, 2.45) is 0 Å². The van der Waals surface area contributed by atoms with Crippen molar-refractivity contribution in [3.05, 3.63) is 35.4 Å². The Balaban J connectivity index is 2.46. The van der Waals surface area contributed by atoms with Gasteiger partial charge in [0.1, 0.15) is 0 Å². The van der Waals surface area contributed by atoms with Gasteiger partial charge in [-0.2, -0.15) is 0 Å². The van der Waals surface area contributed by atoms with Gasteiger partial charge in [-0.25, -0.2) is 8.78 Å².